The maximum Gasteiger partial charge on any atom is 0.216 e. The number of amides is 1. The van der Waals surface area contributed by atoms with Gasteiger partial charge in [0.15, 0.2) is 16.8 Å². The van der Waals surface area contributed by atoms with Gasteiger partial charge in [-0.15, -0.1) is 10.2 Å². The van der Waals surface area contributed by atoms with E-state index >= 15 is 0 Å². The van der Waals surface area contributed by atoms with Gasteiger partial charge in [-0.2, -0.15) is 0 Å². The molecular weight excluding hydrogens is 408 g/mol. The summed E-state index contributed by atoms with van der Waals surface area (Å²) >= 11 is 1.43. The SMILES string of the molecule is CCn1c(SC(C)C(=O)c2ccc(CCNC(C)=O)cc2)nnc1-c1cccc(C)c1. The van der Waals surface area contributed by atoms with Crippen LogP contribution in [0.4, 0.5) is 0 Å². The van der Waals surface area contributed by atoms with Crippen LogP contribution in [0.1, 0.15) is 42.3 Å². The molecule has 0 saturated heterocycles. The molecule has 1 heterocycles. The van der Waals surface area contributed by atoms with E-state index in [1.54, 1.807) is 0 Å². The van der Waals surface area contributed by atoms with Crippen LogP contribution in [0.15, 0.2) is 53.7 Å². The Morgan fingerprint density at radius 2 is 1.87 bits per heavy atom. The summed E-state index contributed by atoms with van der Waals surface area (Å²) in [6.45, 7) is 8.83. The van der Waals surface area contributed by atoms with Crippen LogP contribution in [-0.2, 0) is 17.8 Å². The lowest BCUT2D eigenvalue weighted by atomic mass is 10.0. The molecular formula is C24H28N4O2S. The molecule has 1 amide bonds. The first-order valence-corrected chi connectivity index (χ1v) is 11.3. The normalized spacial score (nSPS) is 11.9. The molecule has 31 heavy (non-hydrogen) atoms. The lowest BCUT2D eigenvalue weighted by Crippen LogP contribution is -2.22. The predicted molar refractivity (Wildman–Crippen MR) is 124 cm³/mol. The van der Waals surface area contributed by atoms with Crippen LogP contribution in [0.3, 0.4) is 0 Å². The second-order valence-corrected chi connectivity index (χ2v) is 8.78. The predicted octanol–water partition coefficient (Wildman–Crippen LogP) is 4.32. The van der Waals surface area contributed by atoms with E-state index in [1.807, 2.05) is 47.9 Å². The summed E-state index contributed by atoms with van der Waals surface area (Å²) in [4.78, 5) is 23.9. The van der Waals surface area contributed by atoms with Gasteiger partial charge >= 0.3 is 0 Å². The summed E-state index contributed by atoms with van der Waals surface area (Å²) in [5, 5.41) is 12.0. The topological polar surface area (TPSA) is 76.9 Å². The van der Waals surface area contributed by atoms with Crippen molar-refractivity contribution in [3.8, 4) is 11.4 Å². The number of aromatic nitrogens is 3. The Bertz CT molecular complexity index is 1060. The molecule has 7 heteroatoms. The highest BCUT2D eigenvalue weighted by molar-refractivity contribution is 8.00. The fourth-order valence-corrected chi connectivity index (χ4v) is 4.31. The third-order valence-electron chi connectivity index (χ3n) is 4.99. The average Bonchev–Trinajstić information content (AvgIpc) is 3.16. The molecule has 6 nitrogen and oxygen atoms in total. The van der Waals surface area contributed by atoms with E-state index in [-0.39, 0.29) is 16.9 Å². The highest BCUT2D eigenvalue weighted by Gasteiger charge is 2.21. The monoisotopic (exact) mass is 436 g/mol. The van der Waals surface area contributed by atoms with Crippen molar-refractivity contribution in [3.05, 3.63) is 65.2 Å². The van der Waals surface area contributed by atoms with Gasteiger partial charge < -0.3 is 9.88 Å². The zero-order chi connectivity index (χ0) is 22.4. The molecule has 1 N–H and O–H groups in total. The highest BCUT2D eigenvalue weighted by Crippen LogP contribution is 2.28. The smallest absolute Gasteiger partial charge is 0.216 e. The van der Waals surface area contributed by atoms with Gasteiger partial charge in [0.25, 0.3) is 0 Å². The quantitative estimate of drug-likeness (QED) is 0.399. The summed E-state index contributed by atoms with van der Waals surface area (Å²) in [6.07, 6.45) is 0.736. The number of carbonyl (C=O) groups excluding carboxylic acids is 2. The van der Waals surface area contributed by atoms with E-state index < -0.39 is 0 Å². The summed E-state index contributed by atoms with van der Waals surface area (Å²) in [5.74, 6) is 0.834. The number of nitrogens with zero attached hydrogens (tertiary/aromatic N) is 3. The van der Waals surface area contributed by atoms with Crippen LogP contribution >= 0.6 is 11.8 Å². The Labute approximate surface area is 187 Å². The van der Waals surface area contributed by atoms with E-state index in [2.05, 4.69) is 41.5 Å². The third kappa shape index (κ3) is 5.82. The van der Waals surface area contributed by atoms with Crippen molar-refractivity contribution in [1.82, 2.24) is 20.1 Å². The van der Waals surface area contributed by atoms with Gasteiger partial charge in [-0.3, -0.25) is 9.59 Å². The molecule has 1 unspecified atom stereocenters. The number of hydrogen-bond donors (Lipinski definition) is 1. The Morgan fingerprint density at radius 1 is 1.13 bits per heavy atom. The zero-order valence-corrected chi connectivity index (χ0v) is 19.2. The van der Waals surface area contributed by atoms with Gasteiger partial charge in [0.1, 0.15) is 0 Å². The number of benzene rings is 2. The number of rotatable bonds is 9. The fraction of sp³-hybridized carbons (Fsp3) is 0.333. The standard InChI is InChI=1S/C24H28N4O2S/c1-5-28-23(21-8-6-7-16(2)15-21)26-27-24(28)31-17(3)22(30)20-11-9-19(10-12-20)13-14-25-18(4)29/h6-12,15,17H,5,13-14H2,1-4H3,(H,25,29). The maximum absolute atomic E-state index is 12.9. The van der Waals surface area contributed by atoms with Crippen LogP contribution in [-0.4, -0.2) is 38.2 Å². The molecule has 0 aliphatic rings. The minimum atomic E-state index is -0.287. The molecule has 3 aromatic rings. The molecule has 0 aliphatic carbocycles. The Kier molecular flexibility index (Phi) is 7.63. The first-order valence-electron chi connectivity index (χ1n) is 10.4. The molecule has 0 aliphatic heterocycles. The number of nitrogens with one attached hydrogen (secondary N) is 1. The Morgan fingerprint density at radius 3 is 2.52 bits per heavy atom. The molecule has 162 valence electrons. The molecule has 2 aromatic carbocycles. The third-order valence-corrected chi connectivity index (χ3v) is 6.07. The van der Waals surface area contributed by atoms with Crippen molar-refractivity contribution in [2.75, 3.05) is 6.54 Å². The summed E-state index contributed by atoms with van der Waals surface area (Å²) in [5.41, 5.74) is 3.94. The molecule has 0 bridgehead atoms. The van der Waals surface area contributed by atoms with Crippen molar-refractivity contribution in [3.63, 3.8) is 0 Å². The summed E-state index contributed by atoms with van der Waals surface area (Å²) < 4.78 is 2.05. The van der Waals surface area contributed by atoms with E-state index in [0.29, 0.717) is 12.1 Å². The van der Waals surface area contributed by atoms with Crippen LogP contribution in [0.25, 0.3) is 11.4 Å². The molecule has 0 saturated carbocycles. The van der Waals surface area contributed by atoms with E-state index in [0.717, 1.165) is 35.1 Å². The van der Waals surface area contributed by atoms with Crippen molar-refractivity contribution < 1.29 is 9.59 Å². The van der Waals surface area contributed by atoms with E-state index in [4.69, 9.17) is 0 Å². The first-order chi connectivity index (χ1) is 14.9. The Balaban J connectivity index is 1.69. The Hall–Kier alpha value is -2.93. The number of aryl methyl sites for hydroxylation is 1. The number of carbonyl (C=O) groups is 2. The average molecular weight is 437 g/mol. The maximum atomic E-state index is 12.9. The highest BCUT2D eigenvalue weighted by atomic mass is 32.2. The van der Waals surface area contributed by atoms with Gasteiger partial charge in [-0.1, -0.05) is 59.8 Å². The van der Waals surface area contributed by atoms with Gasteiger partial charge in [-0.05, 0) is 38.8 Å². The molecule has 0 radical (unpaired) electrons. The summed E-state index contributed by atoms with van der Waals surface area (Å²) in [7, 11) is 0. The summed E-state index contributed by atoms with van der Waals surface area (Å²) in [6, 6.07) is 15.8. The van der Waals surface area contributed by atoms with Crippen LogP contribution in [0, 0.1) is 6.92 Å². The van der Waals surface area contributed by atoms with E-state index in [9.17, 15) is 9.59 Å². The van der Waals surface area contributed by atoms with Crippen LogP contribution in [0.5, 0.6) is 0 Å². The van der Waals surface area contributed by atoms with Crippen molar-refractivity contribution >= 4 is 23.5 Å². The fourth-order valence-electron chi connectivity index (χ4n) is 3.32. The molecule has 1 atom stereocenters. The minimum absolute atomic E-state index is 0.0388. The van der Waals surface area contributed by atoms with Crippen LogP contribution in [0.2, 0.25) is 0 Å². The van der Waals surface area contributed by atoms with E-state index in [1.165, 1.54) is 24.2 Å². The van der Waals surface area contributed by atoms with Crippen LogP contribution < -0.4 is 5.32 Å². The van der Waals surface area contributed by atoms with Crippen molar-refractivity contribution in [2.24, 2.45) is 0 Å². The first kappa shape index (κ1) is 22.7. The second-order valence-electron chi connectivity index (χ2n) is 7.47. The number of Topliss-reactive ketones (excluding diaryl/α,β-unsaturated/α-hetero) is 1. The number of thioether (sulfide) groups is 1. The second kappa shape index (κ2) is 10.4. The molecule has 1 aromatic heterocycles. The lowest BCUT2D eigenvalue weighted by Gasteiger charge is -2.12. The largest absolute Gasteiger partial charge is 0.356 e. The number of hydrogen-bond acceptors (Lipinski definition) is 5. The molecule has 0 spiro atoms. The van der Waals surface area contributed by atoms with Crippen molar-refractivity contribution in [2.45, 2.75) is 51.1 Å². The minimum Gasteiger partial charge on any atom is -0.356 e. The van der Waals surface area contributed by atoms with Crippen molar-refractivity contribution in [1.29, 1.82) is 0 Å². The van der Waals surface area contributed by atoms with Gasteiger partial charge in [0.2, 0.25) is 5.91 Å². The zero-order valence-electron chi connectivity index (χ0n) is 18.4. The lowest BCUT2D eigenvalue weighted by molar-refractivity contribution is -0.118. The molecule has 0 fully saturated rings. The van der Waals surface area contributed by atoms with Gasteiger partial charge in [0.05, 0.1) is 5.25 Å². The molecule has 3 rings (SSSR count). The number of ketones is 1. The van der Waals surface area contributed by atoms with Gasteiger partial charge in [-0.25, -0.2) is 0 Å². The van der Waals surface area contributed by atoms with Gasteiger partial charge in [0, 0.05) is 31.1 Å².